The second-order valence-electron chi connectivity index (χ2n) is 4.70. The molecule has 1 heterocycles. The predicted molar refractivity (Wildman–Crippen MR) is 81.9 cm³/mol. The van der Waals surface area contributed by atoms with E-state index in [1.54, 1.807) is 37.1 Å². The lowest BCUT2D eigenvalue weighted by molar-refractivity contribution is 0.166. The molecule has 0 radical (unpaired) electrons. The minimum atomic E-state index is -0.310. The number of amides is 2. The number of aliphatic hydroxyl groups excluding tert-OH is 1. The number of carbonyl (C=O) groups is 1. The number of hydrogen-bond donors (Lipinski definition) is 2. The summed E-state index contributed by atoms with van der Waals surface area (Å²) >= 11 is 6.10. The van der Waals surface area contributed by atoms with Crippen molar-refractivity contribution in [2.24, 2.45) is 0 Å². The van der Waals surface area contributed by atoms with Crippen LogP contribution in [0.2, 0.25) is 5.02 Å². The average molecular weight is 309 g/mol. The highest BCUT2D eigenvalue weighted by atomic mass is 35.5. The van der Waals surface area contributed by atoms with Crippen molar-refractivity contribution in [2.45, 2.75) is 13.0 Å². The number of likely N-dealkylation sites (N-methyl/N-ethyl adjacent to an activating group) is 1. The van der Waals surface area contributed by atoms with Crippen molar-refractivity contribution in [1.82, 2.24) is 14.7 Å². The molecule has 0 spiro atoms. The first-order valence-corrected chi connectivity index (χ1v) is 6.85. The molecule has 0 aliphatic rings. The smallest absolute Gasteiger partial charge is 0.321 e. The maximum absolute atomic E-state index is 12.0. The van der Waals surface area contributed by atoms with Crippen molar-refractivity contribution in [3.63, 3.8) is 0 Å². The summed E-state index contributed by atoms with van der Waals surface area (Å²) in [4.78, 5) is 13.4. The fourth-order valence-corrected chi connectivity index (χ4v) is 1.91. The van der Waals surface area contributed by atoms with Crippen LogP contribution in [0.4, 0.5) is 10.5 Å². The van der Waals surface area contributed by atoms with E-state index in [1.165, 1.54) is 4.90 Å². The van der Waals surface area contributed by atoms with Crippen LogP contribution in [-0.2, 0) is 0 Å². The fraction of sp³-hybridized carbons (Fsp3) is 0.286. The molecule has 1 unspecified atom stereocenters. The molecule has 0 saturated heterocycles. The van der Waals surface area contributed by atoms with E-state index in [9.17, 15) is 4.79 Å². The fourth-order valence-electron chi connectivity index (χ4n) is 1.69. The van der Waals surface area contributed by atoms with Gasteiger partial charge < -0.3 is 15.3 Å². The van der Waals surface area contributed by atoms with Gasteiger partial charge in [-0.25, -0.2) is 9.48 Å². The zero-order chi connectivity index (χ0) is 15.4. The molecule has 1 atom stereocenters. The molecule has 0 bridgehead atoms. The molecule has 0 fully saturated rings. The third-order valence-corrected chi connectivity index (χ3v) is 3.50. The summed E-state index contributed by atoms with van der Waals surface area (Å²) in [6, 6.07) is 6.73. The molecule has 0 aliphatic carbocycles. The van der Waals surface area contributed by atoms with Crippen LogP contribution in [0, 0.1) is 0 Å². The molecule has 112 valence electrons. The van der Waals surface area contributed by atoms with Crippen LogP contribution in [0.25, 0.3) is 5.69 Å². The van der Waals surface area contributed by atoms with E-state index in [1.807, 2.05) is 18.2 Å². The Kier molecular flexibility index (Phi) is 4.82. The van der Waals surface area contributed by atoms with Gasteiger partial charge in [0.25, 0.3) is 0 Å². The van der Waals surface area contributed by atoms with Gasteiger partial charge in [0.05, 0.1) is 41.4 Å². The molecule has 6 nitrogen and oxygen atoms in total. The number of benzene rings is 1. The first-order valence-electron chi connectivity index (χ1n) is 6.47. The SMILES string of the molecule is CC(CO)N(C)C(=O)Nc1cnn(-c2ccccc2Cl)c1. The lowest BCUT2D eigenvalue weighted by Gasteiger charge is -2.22. The first kappa shape index (κ1) is 15.3. The summed E-state index contributed by atoms with van der Waals surface area (Å²) in [6.07, 6.45) is 3.22. The highest BCUT2D eigenvalue weighted by Crippen LogP contribution is 2.20. The van der Waals surface area contributed by atoms with E-state index in [2.05, 4.69) is 10.4 Å². The summed E-state index contributed by atoms with van der Waals surface area (Å²) in [7, 11) is 1.62. The second kappa shape index (κ2) is 6.60. The minimum absolute atomic E-state index is 0.0944. The quantitative estimate of drug-likeness (QED) is 0.911. The lowest BCUT2D eigenvalue weighted by atomic mass is 10.3. The van der Waals surface area contributed by atoms with Gasteiger partial charge in [0, 0.05) is 7.05 Å². The Balaban J connectivity index is 2.11. The highest BCUT2D eigenvalue weighted by Gasteiger charge is 2.15. The van der Waals surface area contributed by atoms with E-state index in [0.717, 1.165) is 5.69 Å². The zero-order valence-electron chi connectivity index (χ0n) is 11.8. The lowest BCUT2D eigenvalue weighted by Crippen LogP contribution is -2.40. The standard InChI is InChI=1S/C14H17ClN4O2/c1-10(9-20)18(2)14(21)17-11-7-16-19(8-11)13-6-4-3-5-12(13)15/h3-8,10,20H,9H2,1-2H3,(H,17,21). The summed E-state index contributed by atoms with van der Waals surface area (Å²) in [5.41, 5.74) is 1.29. The molecule has 2 aromatic rings. The molecular weight excluding hydrogens is 292 g/mol. The van der Waals surface area contributed by atoms with E-state index in [0.29, 0.717) is 10.7 Å². The minimum Gasteiger partial charge on any atom is -0.394 e. The molecule has 7 heteroatoms. The highest BCUT2D eigenvalue weighted by molar-refractivity contribution is 6.32. The molecule has 21 heavy (non-hydrogen) atoms. The van der Waals surface area contributed by atoms with Gasteiger partial charge in [0.2, 0.25) is 0 Å². The summed E-state index contributed by atoms with van der Waals surface area (Å²) < 4.78 is 1.59. The predicted octanol–water partition coefficient (Wildman–Crippen LogP) is 2.37. The molecule has 1 aromatic carbocycles. The number of urea groups is 1. The number of para-hydroxylation sites is 1. The Morgan fingerprint density at radius 1 is 1.52 bits per heavy atom. The second-order valence-corrected chi connectivity index (χ2v) is 5.10. The maximum atomic E-state index is 12.0. The average Bonchev–Trinajstić information content (AvgIpc) is 2.94. The van der Waals surface area contributed by atoms with Crippen LogP contribution in [0.3, 0.4) is 0 Å². The number of aromatic nitrogens is 2. The van der Waals surface area contributed by atoms with E-state index in [-0.39, 0.29) is 18.7 Å². The Morgan fingerprint density at radius 2 is 2.24 bits per heavy atom. The molecule has 0 saturated carbocycles. The first-order chi connectivity index (χ1) is 10.0. The summed E-state index contributed by atoms with van der Waals surface area (Å²) in [6.45, 7) is 1.66. The molecule has 2 rings (SSSR count). The van der Waals surface area contributed by atoms with Crippen molar-refractivity contribution in [1.29, 1.82) is 0 Å². The molecular formula is C14H17ClN4O2. The summed E-state index contributed by atoms with van der Waals surface area (Å²) in [5, 5.41) is 16.5. The van der Waals surface area contributed by atoms with Crippen molar-refractivity contribution in [3.05, 3.63) is 41.7 Å². The van der Waals surface area contributed by atoms with Gasteiger partial charge in [-0.3, -0.25) is 0 Å². The van der Waals surface area contributed by atoms with Crippen LogP contribution >= 0.6 is 11.6 Å². The number of anilines is 1. The van der Waals surface area contributed by atoms with Crippen LogP contribution in [0.1, 0.15) is 6.92 Å². The Bertz CT molecular complexity index is 629. The monoisotopic (exact) mass is 308 g/mol. The van der Waals surface area contributed by atoms with Gasteiger partial charge >= 0.3 is 6.03 Å². The van der Waals surface area contributed by atoms with Gasteiger partial charge in [-0.2, -0.15) is 5.10 Å². The number of nitrogens with one attached hydrogen (secondary N) is 1. The number of nitrogens with zero attached hydrogens (tertiary/aromatic N) is 3. The summed E-state index contributed by atoms with van der Waals surface area (Å²) in [5.74, 6) is 0. The van der Waals surface area contributed by atoms with Gasteiger partial charge in [0.15, 0.2) is 0 Å². The Hall–Kier alpha value is -2.05. The topological polar surface area (TPSA) is 70.4 Å². The van der Waals surface area contributed by atoms with Crippen molar-refractivity contribution in [3.8, 4) is 5.69 Å². The Labute approximate surface area is 127 Å². The van der Waals surface area contributed by atoms with Gasteiger partial charge in [-0.05, 0) is 19.1 Å². The number of carbonyl (C=O) groups excluding carboxylic acids is 1. The van der Waals surface area contributed by atoms with Crippen molar-refractivity contribution < 1.29 is 9.90 Å². The molecule has 2 amide bonds. The normalized spacial score (nSPS) is 12.0. The molecule has 1 aromatic heterocycles. The number of aliphatic hydroxyl groups is 1. The van der Waals surface area contributed by atoms with E-state index >= 15 is 0 Å². The van der Waals surface area contributed by atoms with Gasteiger partial charge in [0.1, 0.15) is 0 Å². The van der Waals surface area contributed by atoms with E-state index in [4.69, 9.17) is 16.7 Å². The zero-order valence-corrected chi connectivity index (χ0v) is 12.6. The largest absolute Gasteiger partial charge is 0.394 e. The Morgan fingerprint density at radius 3 is 2.90 bits per heavy atom. The van der Waals surface area contributed by atoms with E-state index < -0.39 is 0 Å². The van der Waals surface area contributed by atoms with Gasteiger partial charge in [-0.15, -0.1) is 0 Å². The molecule has 0 aliphatic heterocycles. The maximum Gasteiger partial charge on any atom is 0.321 e. The number of hydrogen-bond acceptors (Lipinski definition) is 3. The van der Waals surface area contributed by atoms with Crippen molar-refractivity contribution >= 4 is 23.3 Å². The van der Waals surface area contributed by atoms with Crippen LogP contribution in [0.5, 0.6) is 0 Å². The third-order valence-electron chi connectivity index (χ3n) is 3.18. The third kappa shape index (κ3) is 3.53. The number of rotatable bonds is 4. The van der Waals surface area contributed by atoms with Crippen molar-refractivity contribution in [2.75, 3.05) is 19.0 Å². The van der Waals surface area contributed by atoms with Gasteiger partial charge in [-0.1, -0.05) is 23.7 Å². The van der Waals surface area contributed by atoms with Crippen LogP contribution in [-0.4, -0.2) is 45.5 Å². The van der Waals surface area contributed by atoms with Crippen LogP contribution in [0.15, 0.2) is 36.7 Å². The number of halogens is 1. The van der Waals surface area contributed by atoms with Crippen LogP contribution < -0.4 is 5.32 Å². The molecule has 2 N–H and O–H groups in total.